The molecule has 4 heteroatoms. The van der Waals surface area contributed by atoms with Crippen LogP contribution in [0.4, 0.5) is 0 Å². The summed E-state index contributed by atoms with van der Waals surface area (Å²) in [4.78, 5) is 6.84. The molecule has 0 spiro atoms. The third-order valence-corrected chi connectivity index (χ3v) is 3.99. The first-order valence-electron chi connectivity index (χ1n) is 6.42. The van der Waals surface area contributed by atoms with Crippen molar-refractivity contribution >= 4 is 5.96 Å². The van der Waals surface area contributed by atoms with Crippen LogP contribution in [0.5, 0.6) is 0 Å². The lowest BCUT2D eigenvalue weighted by molar-refractivity contribution is 0.187. The van der Waals surface area contributed by atoms with Gasteiger partial charge in [0.05, 0.1) is 24.4 Å². The largest absolute Gasteiger partial charge is 0.467 e. The van der Waals surface area contributed by atoms with Crippen LogP contribution < -0.4 is 5.73 Å². The fourth-order valence-electron chi connectivity index (χ4n) is 3.12. The molecule has 0 radical (unpaired) electrons. The number of hydrogen-bond donors (Lipinski definition) is 1. The van der Waals surface area contributed by atoms with E-state index >= 15 is 0 Å². The van der Waals surface area contributed by atoms with E-state index in [1.54, 1.807) is 6.26 Å². The van der Waals surface area contributed by atoms with Gasteiger partial charge in [0.2, 0.25) is 0 Å². The first kappa shape index (κ1) is 10.7. The number of hydrogen-bond acceptors (Lipinski definition) is 4. The second-order valence-electron chi connectivity index (χ2n) is 5.01. The number of nitrogens with two attached hydrogens (primary N) is 1. The highest BCUT2D eigenvalue weighted by Crippen LogP contribution is 2.35. The molecule has 0 bridgehead atoms. The average Bonchev–Trinajstić information content (AvgIpc) is 2.94. The second-order valence-corrected chi connectivity index (χ2v) is 5.01. The molecule has 2 N–H and O–H groups in total. The number of rotatable bonds is 2. The van der Waals surface area contributed by atoms with Crippen molar-refractivity contribution in [3.05, 3.63) is 24.2 Å². The van der Waals surface area contributed by atoms with Gasteiger partial charge in [0.15, 0.2) is 5.96 Å². The quantitative estimate of drug-likeness (QED) is 0.852. The van der Waals surface area contributed by atoms with E-state index in [1.807, 2.05) is 12.1 Å². The van der Waals surface area contributed by atoms with Crippen molar-refractivity contribution < 1.29 is 4.42 Å². The summed E-state index contributed by atoms with van der Waals surface area (Å²) in [5, 5.41) is 0. The predicted octanol–water partition coefficient (Wildman–Crippen LogP) is 2.28. The Labute approximate surface area is 101 Å². The Balaban J connectivity index is 1.84. The molecule has 3 rings (SSSR count). The van der Waals surface area contributed by atoms with Gasteiger partial charge in [0.25, 0.3) is 0 Å². The number of fused-ring (bicyclic) bond motifs is 1. The lowest BCUT2D eigenvalue weighted by Crippen LogP contribution is -2.45. The van der Waals surface area contributed by atoms with E-state index in [4.69, 9.17) is 10.2 Å². The molecule has 1 aromatic rings. The van der Waals surface area contributed by atoms with Crippen LogP contribution in [0, 0.1) is 0 Å². The van der Waals surface area contributed by atoms with Crippen LogP contribution in [-0.4, -0.2) is 22.9 Å². The van der Waals surface area contributed by atoms with Crippen LogP contribution in [0.25, 0.3) is 0 Å². The molecule has 0 aromatic carbocycles. The van der Waals surface area contributed by atoms with Crippen LogP contribution in [0.3, 0.4) is 0 Å². The number of furan rings is 1. The van der Waals surface area contributed by atoms with Crippen LogP contribution in [-0.2, 0) is 0 Å². The minimum absolute atomic E-state index is 0.182. The molecule has 4 nitrogen and oxygen atoms in total. The first-order valence-corrected chi connectivity index (χ1v) is 6.42. The SMILES string of the molecule is CC(c1ccco1)N1C(N)=NC2CCCCC21. The van der Waals surface area contributed by atoms with Gasteiger partial charge in [-0.15, -0.1) is 0 Å². The topological polar surface area (TPSA) is 54.8 Å². The molecule has 0 amide bonds. The van der Waals surface area contributed by atoms with Crippen molar-refractivity contribution in [1.82, 2.24) is 4.90 Å². The molecule has 3 atom stereocenters. The molecule has 0 saturated heterocycles. The third kappa shape index (κ3) is 1.72. The molecule has 2 heterocycles. The van der Waals surface area contributed by atoms with Gasteiger partial charge in [-0.05, 0) is 31.9 Å². The minimum Gasteiger partial charge on any atom is -0.467 e. The molecule has 1 aliphatic heterocycles. The summed E-state index contributed by atoms with van der Waals surface area (Å²) < 4.78 is 5.48. The molecular weight excluding hydrogens is 214 g/mol. The zero-order valence-electron chi connectivity index (χ0n) is 10.2. The van der Waals surface area contributed by atoms with E-state index < -0.39 is 0 Å². The van der Waals surface area contributed by atoms with E-state index in [9.17, 15) is 0 Å². The first-order chi connectivity index (χ1) is 8.27. The lowest BCUT2D eigenvalue weighted by Gasteiger charge is -2.35. The molecule has 1 saturated carbocycles. The maximum absolute atomic E-state index is 6.08. The molecule has 3 unspecified atom stereocenters. The van der Waals surface area contributed by atoms with Gasteiger partial charge in [-0.3, -0.25) is 0 Å². The highest BCUT2D eigenvalue weighted by atomic mass is 16.3. The second kappa shape index (κ2) is 4.09. The monoisotopic (exact) mass is 233 g/mol. The van der Waals surface area contributed by atoms with Gasteiger partial charge in [0, 0.05) is 0 Å². The Bertz CT molecular complexity index is 412. The molecular formula is C13H19N3O. The Morgan fingerprint density at radius 3 is 3.06 bits per heavy atom. The Kier molecular flexibility index (Phi) is 2.57. The van der Waals surface area contributed by atoms with Gasteiger partial charge in [-0.2, -0.15) is 0 Å². The van der Waals surface area contributed by atoms with Crippen molar-refractivity contribution in [2.24, 2.45) is 10.7 Å². The minimum atomic E-state index is 0.182. The van der Waals surface area contributed by atoms with Crippen LogP contribution in [0.2, 0.25) is 0 Å². The standard InChI is InChI=1S/C13H19N3O/c1-9(12-7-4-8-17-12)16-11-6-3-2-5-10(11)15-13(16)14/h4,7-11H,2-3,5-6H2,1H3,(H2,14,15). The van der Waals surface area contributed by atoms with Crippen molar-refractivity contribution in [2.45, 2.75) is 50.7 Å². The summed E-state index contributed by atoms with van der Waals surface area (Å²) in [5.74, 6) is 1.65. The van der Waals surface area contributed by atoms with Crippen LogP contribution in [0.1, 0.15) is 44.4 Å². The van der Waals surface area contributed by atoms with Crippen LogP contribution >= 0.6 is 0 Å². The molecule has 17 heavy (non-hydrogen) atoms. The fourth-order valence-corrected chi connectivity index (χ4v) is 3.12. The van der Waals surface area contributed by atoms with Crippen molar-refractivity contribution in [3.63, 3.8) is 0 Å². The normalized spacial score (nSPS) is 29.9. The van der Waals surface area contributed by atoms with Crippen molar-refractivity contribution in [3.8, 4) is 0 Å². The highest BCUT2D eigenvalue weighted by Gasteiger charge is 2.39. The summed E-state index contributed by atoms with van der Waals surface area (Å²) >= 11 is 0. The highest BCUT2D eigenvalue weighted by molar-refractivity contribution is 5.81. The zero-order valence-corrected chi connectivity index (χ0v) is 10.2. The molecule has 1 aromatic heterocycles. The summed E-state index contributed by atoms with van der Waals surface area (Å²) in [6, 6.07) is 4.99. The Morgan fingerprint density at radius 2 is 2.29 bits per heavy atom. The molecule has 1 aliphatic carbocycles. The molecule has 1 fully saturated rings. The fraction of sp³-hybridized carbons (Fsp3) is 0.615. The van der Waals surface area contributed by atoms with E-state index in [0.717, 1.165) is 5.76 Å². The van der Waals surface area contributed by atoms with Crippen LogP contribution in [0.15, 0.2) is 27.8 Å². The summed E-state index contributed by atoms with van der Waals surface area (Å²) in [6.45, 7) is 2.14. The van der Waals surface area contributed by atoms with E-state index in [2.05, 4.69) is 16.8 Å². The summed E-state index contributed by atoms with van der Waals surface area (Å²) in [6.07, 6.45) is 6.65. The van der Waals surface area contributed by atoms with E-state index in [-0.39, 0.29) is 6.04 Å². The number of nitrogens with zero attached hydrogens (tertiary/aromatic N) is 2. The van der Waals surface area contributed by atoms with Gasteiger partial charge >= 0.3 is 0 Å². The average molecular weight is 233 g/mol. The van der Waals surface area contributed by atoms with Crippen molar-refractivity contribution in [2.75, 3.05) is 0 Å². The van der Waals surface area contributed by atoms with Crippen molar-refractivity contribution in [1.29, 1.82) is 0 Å². The predicted molar refractivity (Wildman–Crippen MR) is 66.6 cm³/mol. The van der Waals surface area contributed by atoms with E-state index in [1.165, 1.54) is 25.7 Å². The van der Waals surface area contributed by atoms with Gasteiger partial charge in [0.1, 0.15) is 5.76 Å². The van der Waals surface area contributed by atoms with E-state index in [0.29, 0.717) is 18.0 Å². The lowest BCUT2D eigenvalue weighted by atomic mass is 9.90. The maximum Gasteiger partial charge on any atom is 0.192 e. The molecule has 92 valence electrons. The zero-order chi connectivity index (χ0) is 11.8. The summed E-state index contributed by atoms with van der Waals surface area (Å²) in [7, 11) is 0. The molecule has 2 aliphatic rings. The Hall–Kier alpha value is -1.45. The van der Waals surface area contributed by atoms with Gasteiger partial charge in [-0.1, -0.05) is 12.8 Å². The number of aliphatic imine (C=N–C) groups is 1. The number of guanidine groups is 1. The Morgan fingerprint density at radius 1 is 1.47 bits per heavy atom. The summed E-state index contributed by atoms with van der Waals surface area (Å²) in [5.41, 5.74) is 6.08. The third-order valence-electron chi connectivity index (χ3n) is 3.99. The smallest absolute Gasteiger partial charge is 0.192 e. The van der Waals surface area contributed by atoms with Gasteiger partial charge in [-0.25, -0.2) is 4.99 Å². The maximum atomic E-state index is 6.08. The van der Waals surface area contributed by atoms with Gasteiger partial charge < -0.3 is 15.1 Å².